The van der Waals surface area contributed by atoms with Gasteiger partial charge < -0.3 is 27.4 Å². The van der Waals surface area contributed by atoms with E-state index >= 15 is 0 Å². The monoisotopic (exact) mass is 507 g/mol. The average molecular weight is 508 g/mol. The van der Waals surface area contributed by atoms with Crippen LogP contribution < -0.4 is 31.9 Å². The number of nitrogens with zero attached hydrogens (tertiary/aromatic N) is 2. The van der Waals surface area contributed by atoms with E-state index < -0.39 is 0 Å². The predicted octanol–water partition coefficient (Wildman–Crippen LogP) is 4.25. The lowest BCUT2D eigenvalue weighted by Gasteiger charge is -2.19. The van der Waals surface area contributed by atoms with Crippen LogP contribution in [0.2, 0.25) is 0 Å². The van der Waals surface area contributed by atoms with E-state index in [0.29, 0.717) is 12.1 Å². The third kappa shape index (κ3) is 6.60. The highest BCUT2D eigenvalue weighted by atomic mass is 35.5. The van der Waals surface area contributed by atoms with Gasteiger partial charge in [0.05, 0.1) is 11.1 Å². The van der Waals surface area contributed by atoms with E-state index in [4.69, 9.17) is 4.74 Å². The number of anilines is 1. The van der Waals surface area contributed by atoms with Gasteiger partial charge in [-0.1, -0.05) is 44.5 Å². The minimum atomic E-state index is 0. The number of rotatable bonds is 12. The van der Waals surface area contributed by atoms with E-state index in [1.807, 2.05) is 0 Å². The molecular formula is C31H42ClN3O. The molecule has 4 rings (SSSR count). The quantitative estimate of drug-likeness (QED) is 0.293. The minimum Gasteiger partial charge on any atom is -1.00 e. The first kappa shape index (κ1) is 28.0. The van der Waals surface area contributed by atoms with Crippen LogP contribution in [0.15, 0.2) is 66.7 Å². The number of fused-ring (bicyclic) bond motifs is 2. The summed E-state index contributed by atoms with van der Waals surface area (Å²) in [6, 6.07) is 20.4. The molecular weight excluding hydrogens is 466 g/mol. The zero-order valence-corrected chi connectivity index (χ0v) is 23.1. The summed E-state index contributed by atoms with van der Waals surface area (Å²) in [6.07, 6.45) is 11.6. The Labute approximate surface area is 223 Å². The van der Waals surface area contributed by atoms with Crippen LogP contribution in [-0.4, -0.2) is 19.1 Å². The molecule has 2 atom stereocenters. The van der Waals surface area contributed by atoms with Crippen molar-refractivity contribution in [2.24, 2.45) is 0 Å². The Morgan fingerprint density at radius 1 is 0.944 bits per heavy atom. The largest absolute Gasteiger partial charge is 1.00 e. The maximum absolute atomic E-state index is 6.38. The Bertz CT molecular complexity index is 1150. The molecule has 36 heavy (non-hydrogen) atoms. The third-order valence-electron chi connectivity index (χ3n) is 7.03. The Morgan fingerprint density at radius 3 is 2.50 bits per heavy atom. The molecule has 0 spiro atoms. The minimum absolute atomic E-state index is 0. The van der Waals surface area contributed by atoms with Crippen LogP contribution in [0, 0.1) is 0 Å². The molecule has 1 aliphatic rings. The molecule has 0 saturated heterocycles. The summed E-state index contributed by atoms with van der Waals surface area (Å²) in [5, 5.41) is 4.92. The molecule has 3 aromatic rings. The molecule has 0 saturated carbocycles. The number of hydrogen-bond acceptors (Lipinski definition) is 3. The maximum atomic E-state index is 6.38. The van der Waals surface area contributed by atoms with Gasteiger partial charge in [0.15, 0.2) is 18.0 Å². The van der Waals surface area contributed by atoms with Gasteiger partial charge in [0.25, 0.3) is 0 Å². The van der Waals surface area contributed by atoms with Crippen LogP contribution in [0.4, 0.5) is 5.69 Å². The van der Waals surface area contributed by atoms with Gasteiger partial charge in [-0.05, 0) is 69.8 Å². The number of para-hydroxylation sites is 3. The normalized spacial score (nSPS) is 15.4. The lowest BCUT2D eigenvalue weighted by molar-refractivity contribution is -0.695. The van der Waals surface area contributed by atoms with Crippen LogP contribution >= 0.6 is 0 Å². The number of ether oxygens (including phenoxy) is 1. The molecule has 1 aromatic heterocycles. The Kier molecular flexibility index (Phi) is 10.6. The molecule has 2 unspecified atom stereocenters. The van der Waals surface area contributed by atoms with Crippen molar-refractivity contribution in [2.75, 3.05) is 18.0 Å². The van der Waals surface area contributed by atoms with E-state index in [2.05, 4.69) is 109 Å². The molecule has 2 heterocycles. The Morgan fingerprint density at radius 2 is 1.69 bits per heavy atom. The zero-order valence-electron chi connectivity index (χ0n) is 22.3. The number of halogens is 1. The molecule has 0 aliphatic carbocycles. The number of aromatic nitrogens is 1. The van der Waals surface area contributed by atoms with Crippen molar-refractivity contribution in [3.8, 4) is 5.75 Å². The number of pyridine rings is 1. The fourth-order valence-electron chi connectivity index (χ4n) is 5.14. The topological polar surface area (TPSA) is 28.4 Å². The summed E-state index contributed by atoms with van der Waals surface area (Å²) in [5.41, 5.74) is 3.64. The zero-order chi connectivity index (χ0) is 24.6. The SMILES string of the molecule is CCCC(C)NCCCCN1/C(=C/c2cc[n+](C(C)CCC)c3ccccc23)Oc2ccccc21.[Cl-]. The van der Waals surface area contributed by atoms with Crippen LogP contribution in [-0.2, 0) is 0 Å². The highest BCUT2D eigenvalue weighted by Gasteiger charge is 2.26. The van der Waals surface area contributed by atoms with Crippen molar-refractivity contribution >= 4 is 22.7 Å². The molecule has 2 aromatic carbocycles. The van der Waals surface area contributed by atoms with Crippen molar-refractivity contribution in [1.29, 1.82) is 0 Å². The lowest BCUT2D eigenvalue weighted by atomic mass is 10.1. The van der Waals surface area contributed by atoms with Gasteiger partial charge in [0, 0.05) is 37.2 Å². The second kappa shape index (κ2) is 13.7. The average Bonchev–Trinajstić information content (AvgIpc) is 3.21. The first-order valence-electron chi connectivity index (χ1n) is 13.5. The summed E-state index contributed by atoms with van der Waals surface area (Å²) in [7, 11) is 0. The fourth-order valence-corrected chi connectivity index (χ4v) is 5.14. The highest BCUT2D eigenvalue weighted by Crippen LogP contribution is 2.39. The first-order valence-corrected chi connectivity index (χ1v) is 13.5. The van der Waals surface area contributed by atoms with E-state index in [1.54, 1.807) is 0 Å². The van der Waals surface area contributed by atoms with E-state index in [0.717, 1.165) is 43.3 Å². The summed E-state index contributed by atoms with van der Waals surface area (Å²) in [5.74, 6) is 1.86. The lowest BCUT2D eigenvalue weighted by Crippen LogP contribution is -3.00. The van der Waals surface area contributed by atoms with Gasteiger partial charge in [-0.25, -0.2) is 0 Å². The summed E-state index contributed by atoms with van der Waals surface area (Å²) >= 11 is 0. The van der Waals surface area contributed by atoms with Crippen molar-refractivity contribution in [3.05, 3.63) is 72.2 Å². The first-order chi connectivity index (χ1) is 17.1. The number of hydrogen-bond donors (Lipinski definition) is 1. The van der Waals surface area contributed by atoms with Gasteiger partial charge in [0.2, 0.25) is 11.4 Å². The van der Waals surface area contributed by atoms with Crippen LogP contribution in [0.5, 0.6) is 5.75 Å². The van der Waals surface area contributed by atoms with Gasteiger partial charge in [-0.3, -0.25) is 0 Å². The predicted molar refractivity (Wildman–Crippen MR) is 148 cm³/mol. The molecule has 5 heteroatoms. The number of unbranched alkanes of at least 4 members (excludes halogenated alkanes) is 1. The second-order valence-corrected chi connectivity index (χ2v) is 9.89. The summed E-state index contributed by atoms with van der Waals surface area (Å²) in [6.45, 7) is 11.1. The molecule has 1 N–H and O–H groups in total. The number of nitrogens with one attached hydrogen (secondary N) is 1. The molecule has 0 amide bonds. The van der Waals surface area contributed by atoms with Crippen molar-refractivity contribution in [2.45, 2.75) is 78.3 Å². The Balaban J connectivity index is 0.00000361. The van der Waals surface area contributed by atoms with E-state index in [-0.39, 0.29) is 12.4 Å². The van der Waals surface area contributed by atoms with E-state index in [1.165, 1.54) is 42.1 Å². The van der Waals surface area contributed by atoms with Crippen LogP contribution in [0.25, 0.3) is 17.0 Å². The molecule has 194 valence electrons. The molecule has 1 aliphatic heterocycles. The van der Waals surface area contributed by atoms with Crippen LogP contribution in [0.3, 0.4) is 0 Å². The molecule has 0 bridgehead atoms. The Hall–Kier alpha value is -2.56. The van der Waals surface area contributed by atoms with Crippen molar-refractivity contribution in [1.82, 2.24) is 5.32 Å². The molecule has 0 fully saturated rings. The summed E-state index contributed by atoms with van der Waals surface area (Å²) < 4.78 is 8.79. The van der Waals surface area contributed by atoms with Gasteiger partial charge in [-0.15, -0.1) is 0 Å². The third-order valence-corrected chi connectivity index (χ3v) is 7.03. The highest BCUT2D eigenvalue weighted by molar-refractivity contribution is 5.87. The van der Waals surface area contributed by atoms with E-state index in [9.17, 15) is 0 Å². The van der Waals surface area contributed by atoms with Crippen molar-refractivity contribution in [3.63, 3.8) is 0 Å². The van der Waals surface area contributed by atoms with Crippen molar-refractivity contribution < 1.29 is 21.7 Å². The van der Waals surface area contributed by atoms with Gasteiger partial charge in [-0.2, -0.15) is 4.57 Å². The smallest absolute Gasteiger partial charge is 0.213 e. The standard InChI is InChI=1S/C31H42N3O.ClH/c1-5-13-24(3)32-20-11-12-21-34-29-17-9-10-18-30(29)35-31(34)23-26-19-22-33(25(4)14-6-2)28-16-8-7-15-27(26)28;/h7-10,15-19,22-25,32H,5-6,11-14,20-21H2,1-4H3;1H/q+1;/p-1. The number of benzene rings is 2. The second-order valence-electron chi connectivity index (χ2n) is 9.89. The molecule has 0 radical (unpaired) electrons. The summed E-state index contributed by atoms with van der Waals surface area (Å²) in [4.78, 5) is 2.35. The maximum Gasteiger partial charge on any atom is 0.213 e. The van der Waals surface area contributed by atoms with Gasteiger partial charge in [0.1, 0.15) is 0 Å². The van der Waals surface area contributed by atoms with Crippen LogP contribution in [0.1, 0.15) is 77.8 Å². The van der Waals surface area contributed by atoms with Gasteiger partial charge >= 0.3 is 0 Å². The molecule has 4 nitrogen and oxygen atoms in total. The fraction of sp³-hybridized carbons (Fsp3) is 0.452.